The number of nitrogens with zero attached hydrogens (tertiary/aromatic N) is 2. The van der Waals surface area contributed by atoms with Gasteiger partial charge in [0.05, 0.1) is 43.8 Å². The number of ether oxygens (including phenoxy) is 4. The molecule has 0 saturated carbocycles. The molecular weight excluding hydrogens is 1150 g/mol. The number of carboxylic acids is 1. The zero-order valence-corrected chi connectivity index (χ0v) is 54.4. The molecule has 0 bridgehead atoms. The quantitative estimate of drug-likeness (QED) is 0.0249. The fourth-order valence-electron chi connectivity index (χ4n) is 13.3. The number of rotatable bonds is 33. The van der Waals surface area contributed by atoms with Crippen LogP contribution >= 0.6 is 22.7 Å². The van der Waals surface area contributed by atoms with Crippen molar-refractivity contribution < 1.29 is 28.8 Å². The minimum atomic E-state index is -1.26. The highest BCUT2D eigenvalue weighted by Crippen LogP contribution is 2.66. The van der Waals surface area contributed by atoms with Gasteiger partial charge in [0.1, 0.15) is 28.0 Å². The van der Waals surface area contributed by atoms with Crippen LogP contribution in [0, 0.1) is 6.57 Å². The maximum Gasteiger partial charge on any atom is 0.333 e. The van der Waals surface area contributed by atoms with E-state index in [1.807, 2.05) is 11.3 Å². The van der Waals surface area contributed by atoms with Gasteiger partial charge < -0.3 is 29.0 Å². The number of unbranched alkanes of at least 4 members (excludes halogenated alkanes) is 12. The SMILES string of the molecule is [C-]#[N+]C(=Cc1cc2c(s1)-c1cc3c(cc1C2(c1ccc(OCCCCCC)cc1)c1ccc(OCCCCCC)cc1)-c1sc(N(c2ccccc2)c2ccccc2)cc1C3(c1ccc(OCCCCCC)cc1)c1ccc(OCCCCCC)cc1)C(=O)O. The number of thiophene rings is 2. The number of fused-ring (bicyclic) bond motifs is 6. The topological polar surface area (TPSA) is 81.8 Å². The zero-order chi connectivity index (χ0) is 62.3. The Bertz CT molecular complexity index is 3730. The van der Waals surface area contributed by atoms with Crippen molar-refractivity contribution in [1.82, 2.24) is 0 Å². The second-order valence-corrected chi connectivity index (χ2v) is 26.0. The molecule has 11 rings (SSSR count). The Balaban J connectivity index is 1.19. The highest BCUT2D eigenvalue weighted by Gasteiger charge is 2.53. The van der Waals surface area contributed by atoms with Crippen molar-refractivity contribution in [3.8, 4) is 43.9 Å². The molecule has 90 heavy (non-hydrogen) atoms. The average Bonchev–Trinajstić information content (AvgIpc) is 1.50. The normalized spacial score (nSPS) is 13.2. The van der Waals surface area contributed by atoms with Gasteiger partial charge in [0, 0.05) is 26.0 Å². The number of carboxylic acid groups (broad SMARTS) is 1. The number of hydrogen-bond donors (Lipinski definition) is 1. The van der Waals surface area contributed by atoms with Crippen LogP contribution in [0.2, 0.25) is 0 Å². The first kappa shape index (κ1) is 63.2. The lowest BCUT2D eigenvalue weighted by molar-refractivity contribution is -0.132. The molecule has 2 aromatic heterocycles. The molecule has 9 aromatic rings. The molecule has 0 aliphatic heterocycles. The van der Waals surface area contributed by atoms with Crippen molar-refractivity contribution in [2.45, 2.75) is 141 Å². The number of carbonyl (C=O) groups is 1. The molecule has 2 aliphatic carbocycles. The first-order valence-corrected chi connectivity index (χ1v) is 34.5. The van der Waals surface area contributed by atoms with Gasteiger partial charge in [-0.15, -0.1) is 22.7 Å². The first-order valence-electron chi connectivity index (χ1n) is 32.9. The molecule has 1 N–H and O–H groups in total. The van der Waals surface area contributed by atoms with E-state index in [0.717, 1.165) is 159 Å². The highest BCUT2D eigenvalue weighted by molar-refractivity contribution is 7.20. The summed E-state index contributed by atoms with van der Waals surface area (Å²) in [5.74, 6) is 2.04. The van der Waals surface area contributed by atoms with E-state index in [9.17, 15) is 9.90 Å². The van der Waals surface area contributed by atoms with Crippen LogP contribution in [0.3, 0.4) is 0 Å². The van der Waals surface area contributed by atoms with Crippen LogP contribution in [0.15, 0.2) is 188 Å². The summed E-state index contributed by atoms with van der Waals surface area (Å²) in [5.41, 5.74) is 10.9. The molecule has 0 radical (unpaired) electrons. The van der Waals surface area contributed by atoms with Crippen molar-refractivity contribution in [2.24, 2.45) is 0 Å². The second kappa shape index (κ2) is 30.0. The number of para-hydroxylation sites is 2. The van der Waals surface area contributed by atoms with Gasteiger partial charge in [0.25, 0.3) is 5.70 Å². The Morgan fingerprint density at radius 1 is 0.444 bits per heavy atom. The van der Waals surface area contributed by atoms with E-state index >= 15 is 0 Å². The second-order valence-electron chi connectivity index (χ2n) is 23.8. The van der Waals surface area contributed by atoms with Crippen LogP contribution in [0.25, 0.3) is 31.8 Å². The summed E-state index contributed by atoms with van der Waals surface area (Å²) in [4.78, 5) is 21.5. The Hall–Kier alpha value is -8.36. The van der Waals surface area contributed by atoms with Gasteiger partial charge in [-0.2, -0.15) is 0 Å². The minimum absolute atomic E-state index is 0.336. The molecule has 0 amide bonds. The molecule has 0 unspecified atom stereocenters. The molecule has 0 saturated heterocycles. The predicted molar refractivity (Wildman–Crippen MR) is 372 cm³/mol. The van der Waals surface area contributed by atoms with Crippen LogP contribution in [0.1, 0.15) is 180 Å². The average molecular weight is 1230 g/mol. The molecule has 0 fully saturated rings. The van der Waals surface area contributed by atoms with Crippen molar-refractivity contribution in [2.75, 3.05) is 31.3 Å². The molecule has 8 nitrogen and oxygen atoms in total. The third kappa shape index (κ3) is 13.1. The van der Waals surface area contributed by atoms with Crippen molar-refractivity contribution in [1.29, 1.82) is 0 Å². The summed E-state index contributed by atoms with van der Waals surface area (Å²) < 4.78 is 25.9. The summed E-state index contributed by atoms with van der Waals surface area (Å²) in [6, 6.07) is 65.9. The van der Waals surface area contributed by atoms with E-state index in [2.05, 4.69) is 219 Å². The maximum absolute atomic E-state index is 12.7. The van der Waals surface area contributed by atoms with Crippen LogP contribution in [0.5, 0.6) is 23.0 Å². The van der Waals surface area contributed by atoms with Gasteiger partial charge in [0.2, 0.25) is 0 Å². The lowest BCUT2D eigenvalue weighted by atomic mass is 9.66. The Labute approximate surface area is 541 Å². The molecule has 2 aliphatic rings. The van der Waals surface area contributed by atoms with Crippen molar-refractivity contribution in [3.63, 3.8) is 0 Å². The smallest absolute Gasteiger partial charge is 0.333 e. The number of anilines is 3. The fraction of sp³-hybridized carbons (Fsp3) is 0.325. The van der Waals surface area contributed by atoms with Gasteiger partial charge in [0.15, 0.2) is 0 Å². The number of benzene rings is 7. The predicted octanol–water partition coefficient (Wildman–Crippen LogP) is 22.2. The number of hydrogen-bond acceptors (Lipinski definition) is 8. The molecular formula is C80H84N2O6S2. The molecule has 0 atom stereocenters. The van der Waals surface area contributed by atoms with E-state index in [1.165, 1.54) is 55.0 Å². The summed E-state index contributed by atoms with van der Waals surface area (Å²) in [6.07, 6.45) is 19.4. The Morgan fingerprint density at radius 3 is 1.12 bits per heavy atom. The van der Waals surface area contributed by atoms with Gasteiger partial charge in [-0.1, -0.05) is 190 Å². The molecule has 0 spiro atoms. The fourth-order valence-corrected chi connectivity index (χ4v) is 15.8. The van der Waals surface area contributed by atoms with Crippen LogP contribution in [0.4, 0.5) is 16.4 Å². The van der Waals surface area contributed by atoms with E-state index in [-0.39, 0.29) is 5.70 Å². The zero-order valence-electron chi connectivity index (χ0n) is 52.7. The van der Waals surface area contributed by atoms with Gasteiger partial charge in [-0.05, 0) is 184 Å². The van der Waals surface area contributed by atoms with Gasteiger partial charge in [-0.3, -0.25) is 4.79 Å². The Kier molecular flexibility index (Phi) is 21.0. The maximum atomic E-state index is 12.7. The lowest BCUT2D eigenvalue weighted by Gasteiger charge is -2.36. The standard InChI is InChI=1S/C80H84N2O6S2/c1-6-10-14-24-48-85-63-40-32-57(33-41-63)79(58-34-42-64(43-35-58)86-49-25-15-11-7-2)70-55-69-71(54-68(70)76-72(79)52-67(89-76)53-74(81-5)78(83)84)80(59-36-44-65(45-37-59)87-50-26-16-12-8-3,60-38-46-66(47-39-60)88-51-27-17-13-9-4)73-56-75(90-77(69)73)82(61-28-20-18-21-29-61)62-30-22-19-23-31-62/h18-23,28-47,52-56H,6-17,24-27,48-51H2,1-4H3,(H,83,84). The molecule has 10 heteroatoms. The monoisotopic (exact) mass is 1230 g/mol. The Morgan fingerprint density at radius 2 is 0.789 bits per heavy atom. The lowest BCUT2D eigenvalue weighted by Crippen LogP contribution is -2.30. The van der Waals surface area contributed by atoms with E-state index in [1.54, 1.807) is 11.3 Å². The summed E-state index contributed by atoms with van der Waals surface area (Å²) in [5, 5.41) is 11.4. The largest absolute Gasteiger partial charge is 0.494 e. The summed E-state index contributed by atoms with van der Waals surface area (Å²) in [6.45, 7) is 19.5. The van der Waals surface area contributed by atoms with Crippen molar-refractivity contribution >= 4 is 51.1 Å². The molecule has 2 heterocycles. The molecule has 462 valence electrons. The third-order valence-electron chi connectivity index (χ3n) is 17.8. The van der Waals surface area contributed by atoms with Crippen molar-refractivity contribution in [3.05, 3.63) is 248 Å². The van der Waals surface area contributed by atoms with Crippen LogP contribution in [-0.2, 0) is 15.6 Å². The molecule has 7 aromatic carbocycles. The van der Waals surface area contributed by atoms with Gasteiger partial charge >= 0.3 is 5.97 Å². The van der Waals surface area contributed by atoms with E-state index < -0.39 is 16.8 Å². The van der Waals surface area contributed by atoms with E-state index in [0.29, 0.717) is 31.3 Å². The summed E-state index contributed by atoms with van der Waals surface area (Å²) >= 11 is 3.36. The van der Waals surface area contributed by atoms with Crippen LogP contribution in [-0.4, -0.2) is 37.5 Å². The minimum Gasteiger partial charge on any atom is -0.494 e. The number of aliphatic carboxylic acids is 1. The highest BCUT2D eigenvalue weighted by atomic mass is 32.1. The first-order chi connectivity index (χ1) is 44.3. The summed E-state index contributed by atoms with van der Waals surface area (Å²) in [7, 11) is 0. The van der Waals surface area contributed by atoms with Crippen LogP contribution < -0.4 is 23.8 Å². The third-order valence-corrected chi connectivity index (χ3v) is 20.1. The van der Waals surface area contributed by atoms with Gasteiger partial charge in [-0.25, -0.2) is 4.85 Å². The van der Waals surface area contributed by atoms with E-state index in [4.69, 9.17) is 25.5 Å².